The summed E-state index contributed by atoms with van der Waals surface area (Å²) in [5, 5.41) is 0. The molecule has 92 valence electrons. The number of nitrogens with two attached hydrogens (primary N) is 1. The van der Waals surface area contributed by atoms with E-state index in [1.54, 1.807) is 0 Å². The maximum atomic E-state index is 6.15. The molecular formula is C17H19N. The van der Waals surface area contributed by atoms with Gasteiger partial charge in [0.25, 0.3) is 0 Å². The molecule has 0 atom stereocenters. The van der Waals surface area contributed by atoms with Crippen molar-refractivity contribution in [2.45, 2.75) is 32.6 Å². The molecule has 2 aromatic carbocycles. The Hall–Kier alpha value is -1.76. The molecular weight excluding hydrogens is 218 g/mol. The summed E-state index contributed by atoms with van der Waals surface area (Å²) in [4.78, 5) is 0. The lowest BCUT2D eigenvalue weighted by molar-refractivity contribution is 0.796. The minimum atomic E-state index is 0.946. The summed E-state index contributed by atoms with van der Waals surface area (Å²) < 4.78 is 0. The molecule has 0 saturated heterocycles. The quantitative estimate of drug-likeness (QED) is 0.679. The molecule has 2 N–H and O–H groups in total. The SMILES string of the molecule is CCCCc1ccc(N)c2c1-c1ccccc1C2. The molecule has 0 aromatic heterocycles. The van der Waals surface area contributed by atoms with Gasteiger partial charge in [0.05, 0.1) is 0 Å². The molecule has 0 spiro atoms. The number of aryl methyl sites for hydroxylation is 1. The minimum absolute atomic E-state index is 0.946. The van der Waals surface area contributed by atoms with E-state index < -0.39 is 0 Å². The molecule has 0 aliphatic heterocycles. The number of fused-ring (bicyclic) bond motifs is 3. The first-order valence-corrected chi connectivity index (χ1v) is 6.79. The van der Waals surface area contributed by atoms with Crippen molar-refractivity contribution in [2.75, 3.05) is 5.73 Å². The molecule has 1 aliphatic carbocycles. The maximum Gasteiger partial charge on any atom is 0.0356 e. The molecule has 0 bridgehead atoms. The monoisotopic (exact) mass is 237 g/mol. The summed E-state index contributed by atoms with van der Waals surface area (Å²) in [7, 11) is 0. The summed E-state index contributed by atoms with van der Waals surface area (Å²) in [6, 6.07) is 13.0. The van der Waals surface area contributed by atoms with Crippen molar-refractivity contribution in [1.29, 1.82) is 0 Å². The number of hydrogen-bond donors (Lipinski definition) is 1. The number of rotatable bonds is 3. The molecule has 1 nitrogen and oxygen atoms in total. The molecule has 3 rings (SSSR count). The van der Waals surface area contributed by atoms with Crippen LogP contribution in [-0.2, 0) is 12.8 Å². The van der Waals surface area contributed by atoms with Crippen molar-refractivity contribution < 1.29 is 0 Å². The Balaban J connectivity index is 2.15. The molecule has 0 fully saturated rings. The summed E-state index contributed by atoms with van der Waals surface area (Å²) in [6.45, 7) is 2.24. The van der Waals surface area contributed by atoms with Gasteiger partial charge in [-0.25, -0.2) is 0 Å². The third kappa shape index (κ3) is 1.71. The van der Waals surface area contributed by atoms with Gasteiger partial charge in [0.2, 0.25) is 0 Å². The highest BCUT2D eigenvalue weighted by molar-refractivity contribution is 5.83. The highest BCUT2D eigenvalue weighted by Crippen LogP contribution is 2.41. The van der Waals surface area contributed by atoms with Crippen molar-refractivity contribution in [1.82, 2.24) is 0 Å². The smallest absolute Gasteiger partial charge is 0.0356 e. The first-order valence-electron chi connectivity index (χ1n) is 6.79. The topological polar surface area (TPSA) is 26.0 Å². The van der Waals surface area contributed by atoms with E-state index in [9.17, 15) is 0 Å². The minimum Gasteiger partial charge on any atom is -0.398 e. The summed E-state index contributed by atoms with van der Waals surface area (Å²) >= 11 is 0. The Morgan fingerprint density at radius 1 is 1.11 bits per heavy atom. The van der Waals surface area contributed by atoms with E-state index in [-0.39, 0.29) is 0 Å². The number of nitrogen functional groups attached to an aromatic ring is 1. The summed E-state index contributed by atoms with van der Waals surface area (Å²) in [5.41, 5.74) is 14.1. The normalized spacial score (nSPS) is 12.3. The third-order valence-corrected chi connectivity index (χ3v) is 3.89. The van der Waals surface area contributed by atoms with Crippen molar-refractivity contribution in [3.05, 3.63) is 53.1 Å². The second kappa shape index (κ2) is 4.49. The predicted molar refractivity (Wildman–Crippen MR) is 77.7 cm³/mol. The zero-order chi connectivity index (χ0) is 12.5. The van der Waals surface area contributed by atoms with Crippen molar-refractivity contribution in [3.63, 3.8) is 0 Å². The van der Waals surface area contributed by atoms with Gasteiger partial charge < -0.3 is 5.73 Å². The highest BCUT2D eigenvalue weighted by Gasteiger charge is 2.22. The number of benzene rings is 2. The molecule has 18 heavy (non-hydrogen) atoms. The van der Waals surface area contributed by atoms with Gasteiger partial charge in [-0.05, 0) is 46.7 Å². The molecule has 0 radical (unpaired) electrons. The zero-order valence-electron chi connectivity index (χ0n) is 10.9. The van der Waals surface area contributed by atoms with E-state index in [1.807, 2.05) is 0 Å². The van der Waals surface area contributed by atoms with Gasteiger partial charge in [-0.2, -0.15) is 0 Å². The van der Waals surface area contributed by atoms with Crippen molar-refractivity contribution >= 4 is 5.69 Å². The van der Waals surface area contributed by atoms with Crippen LogP contribution in [0.1, 0.15) is 36.5 Å². The molecule has 2 aromatic rings. The lowest BCUT2D eigenvalue weighted by Gasteiger charge is -2.11. The Labute approximate surface area is 109 Å². The van der Waals surface area contributed by atoms with Crippen LogP contribution < -0.4 is 5.73 Å². The van der Waals surface area contributed by atoms with Gasteiger partial charge in [0.1, 0.15) is 0 Å². The Bertz CT molecular complexity index is 584. The van der Waals surface area contributed by atoms with Gasteiger partial charge in [-0.3, -0.25) is 0 Å². The van der Waals surface area contributed by atoms with Crippen LogP contribution in [-0.4, -0.2) is 0 Å². The van der Waals surface area contributed by atoms with Crippen molar-refractivity contribution in [3.8, 4) is 11.1 Å². The zero-order valence-corrected chi connectivity index (χ0v) is 10.9. The second-order valence-electron chi connectivity index (χ2n) is 5.10. The van der Waals surface area contributed by atoms with Crippen LogP contribution in [0, 0.1) is 0 Å². The van der Waals surface area contributed by atoms with Crippen LogP contribution >= 0.6 is 0 Å². The van der Waals surface area contributed by atoms with E-state index in [0.717, 1.165) is 18.5 Å². The van der Waals surface area contributed by atoms with Crippen LogP contribution in [0.4, 0.5) is 5.69 Å². The van der Waals surface area contributed by atoms with E-state index >= 15 is 0 Å². The number of anilines is 1. The van der Waals surface area contributed by atoms with Crippen LogP contribution in [0.5, 0.6) is 0 Å². The molecule has 1 heteroatoms. The van der Waals surface area contributed by atoms with Crippen LogP contribution in [0.25, 0.3) is 11.1 Å². The number of hydrogen-bond acceptors (Lipinski definition) is 1. The lowest BCUT2D eigenvalue weighted by atomic mass is 9.95. The highest BCUT2D eigenvalue weighted by atomic mass is 14.6. The fourth-order valence-electron chi connectivity index (χ4n) is 2.92. The summed E-state index contributed by atoms with van der Waals surface area (Å²) in [6.07, 6.45) is 4.64. The first-order chi connectivity index (χ1) is 8.81. The predicted octanol–water partition coefficient (Wildman–Crippen LogP) is 4.18. The summed E-state index contributed by atoms with van der Waals surface area (Å²) in [5.74, 6) is 0. The number of unbranched alkanes of at least 4 members (excludes halogenated alkanes) is 1. The van der Waals surface area contributed by atoms with Crippen LogP contribution in [0.2, 0.25) is 0 Å². The Morgan fingerprint density at radius 2 is 1.94 bits per heavy atom. The average molecular weight is 237 g/mol. The van der Waals surface area contributed by atoms with E-state index in [1.165, 1.54) is 40.7 Å². The maximum absolute atomic E-state index is 6.15. The third-order valence-electron chi connectivity index (χ3n) is 3.89. The molecule has 0 unspecified atom stereocenters. The fourth-order valence-corrected chi connectivity index (χ4v) is 2.92. The Morgan fingerprint density at radius 3 is 2.78 bits per heavy atom. The van der Waals surface area contributed by atoms with Gasteiger partial charge >= 0.3 is 0 Å². The van der Waals surface area contributed by atoms with Gasteiger partial charge in [-0.1, -0.05) is 43.7 Å². The molecule has 1 aliphatic rings. The van der Waals surface area contributed by atoms with Crippen molar-refractivity contribution in [2.24, 2.45) is 0 Å². The molecule has 0 amide bonds. The van der Waals surface area contributed by atoms with Crippen LogP contribution in [0.3, 0.4) is 0 Å². The van der Waals surface area contributed by atoms with E-state index in [0.29, 0.717) is 0 Å². The van der Waals surface area contributed by atoms with Gasteiger partial charge in [0, 0.05) is 12.1 Å². The van der Waals surface area contributed by atoms with E-state index in [2.05, 4.69) is 43.3 Å². The second-order valence-corrected chi connectivity index (χ2v) is 5.10. The lowest BCUT2D eigenvalue weighted by Crippen LogP contribution is -1.96. The average Bonchev–Trinajstić information content (AvgIpc) is 2.79. The largest absolute Gasteiger partial charge is 0.398 e. The Kier molecular flexibility index (Phi) is 2.83. The standard InChI is InChI=1S/C17H19N/c1-2-3-6-12-9-10-16(18)15-11-13-7-4-5-8-14(13)17(12)15/h4-5,7-10H,2-3,6,11,18H2,1H3. The molecule has 0 saturated carbocycles. The molecule has 0 heterocycles. The first kappa shape index (κ1) is 11.3. The fraction of sp³-hybridized carbons (Fsp3) is 0.294. The van der Waals surface area contributed by atoms with E-state index in [4.69, 9.17) is 5.73 Å². The van der Waals surface area contributed by atoms with Gasteiger partial charge in [0.15, 0.2) is 0 Å². The van der Waals surface area contributed by atoms with Gasteiger partial charge in [-0.15, -0.1) is 0 Å². The van der Waals surface area contributed by atoms with Crippen LogP contribution in [0.15, 0.2) is 36.4 Å².